The third kappa shape index (κ3) is 2.05. The minimum absolute atomic E-state index is 0.188. The molecule has 1 aliphatic carbocycles. The molecule has 2 aliphatic rings. The summed E-state index contributed by atoms with van der Waals surface area (Å²) in [4.78, 5) is 0. The fourth-order valence-electron chi connectivity index (χ4n) is 3.97. The summed E-state index contributed by atoms with van der Waals surface area (Å²) >= 11 is 6.12. The molecule has 3 heteroatoms. The molecule has 0 saturated carbocycles. The van der Waals surface area contributed by atoms with Crippen LogP contribution < -0.4 is 5.32 Å². The van der Waals surface area contributed by atoms with Crippen LogP contribution in [0.25, 0.3) is 0 Å². The highest BCUT2D eigenvalue weighted by atomic mass is 35.5. The van der Waals surface area contributed by atoms with Crippen LogP contribution in [0.5, 0.6) is 5.75 Å². The largest absolute Gasteiger partial charge is 0.506 e. The first-order valence-corrected chi connectivity index (χ1v) is 7.86. The van der Waals surface area contributed by atoms with Crippen LogP contribution in [0.15, 0.2) is 36.4 Å². The van der Waals surface area contributed by atoms with Crippen molar-refractivity contribution in [3.05, 3.63) is 63.7 Å². The van der Waals surface area contributed by atoms with Gasteiger partial charge in [0.05, 0.1) is 5.02 Å². The lowest BCUT2D eigenvalue weighted by molar-refractivity contribution is 0.445. The molecule has 2 nitrogen and oxygen atoms in total. The second kappa shape index (κ2) is 4.75. The van der Waals surface area contributed by atoms with Gasteiger partial charge in [0.25, 0.3) is 0 Å². The summed E-state index contributed by atoms with van der Waals surface area (Å²) in [7, 11) is 0. The molecule has 0 saturated heterocycles. The van der Waals surface area contributed by atoms with Crippen LogP contribution >= 0.6 is 11.6 Å². The van der Waals surface area contributed by atoms with E-state index < -0.39 is 0 Å². The standard InChI is InChI=1S/C18H18ClNO/c1-10-6-12-7-15(19)17(21)9-14(12)18-13-5-3-2-4-11(13)8-16(18)20-10/h2-5,7,9-10,16,18,20-21H,6,8H2,1H3/t10?,16-,18+/m1/s1. The van der Waals surface area contributed by atoms with E-state index in [-0.39, 0.29) is 5.75 Å². The summed E-state index contributed by atoms with van der Waals surface area (Å²) in [5, 5.41) is 14.2. The van der Waals surface area contributed by atoms with Crippen molar-refractivity contribution in [2.24, 2.45) is 0 Å². The zero-order chi connectivity index (χ0) is 14.6. The summed E-state index contributed by atoms with van der Waals surface area (Å²) in [5.74, 6) is 0.498. The predicted octanol–water partition coefficient (Wildman–Crippen LogP) is 3.64. The van der Waals surface area contributed by atoms with Crippen LogP contribution in [0.1, 0.15) is 35.1 Å². The van der Waals surface area contributed by atoms with Crippen LogP contribution in [0, 0.1) is 0 Å². The quantitative estimate of drug-likeness (QED) is 0.778. The molecule has 21 heavy (non-hydrogen) atoms. The number of rotatable bonds is 0. The number of phenols is 1. The average molecular weight is 300 g/mol. The van der Waals surface area contributed by atoms with E-state index in [1.54, 1.807) is 0 Å². The van der Waals surface area contributed by atoms with Gasteiger partial charge in [-0.25, -0.2) is 0 Å². The van der Waals surface area contributed by atoms with Gasteiger partial charge in [-0.2, -0.15) is 0 Å². The second-order valence-corrected chi connectivity index (χ2v) is 6.67. The van der Waals surface area contributed by atoms with Crippen molar-refractivity contribution < 1.29 is 5.11 Å². The fourth-order valence-corrected chi connectivity index (χ4v) is 4.16. The molecule has 3 atom stereocenters. The lowest BCUT2D eigenvalue weighted by Gasteiger charge is -2.22. The molecule has 0 bridgehead atoms. The smallest absolute Gasteiger partial charge is 0.134 e. The molecule has 4 rings (SSSR count). The van der Waals surface area contributed by atoms with E-state index in [0.29, 0.717) is 23.0 Å². The van der Waals surface area contributed by atoms with Crippen molar-refractivity contribution in [3.63, 3.8) is 0 Å². The summed E-state index contributed by atoms with van der Waals surface area (Å²) < 4.78 is 0. The Balaban J connectivity index is 1.93. The summed E-state index contributed by atoms with van der Waals surface area (Å²) in [6, 6.07) is 13.3. The number of phenolic OH excluding ortho intramolecular Hbond substituents is 1. The van der Waals surface area contributed by atoms with Gasteiger partial charge in [-0.3, -0.25) is 0 Å². The minimum atomic E-state index is 0.188. The lowest BCUT2D eigenvalue weighted by atomic mass is 9.87. The van der Waals surface area contributed by atoms with Gasteiger partial charge in [0, 0.05) is 18.0 Å². The van der Waals surface area contributed by atoms with Gasteiger partial charge in [0.2, 0.25) is 0 Å². The first-order valence-electron chi connectivity index (χ1n) is 7.48. The van der Waals surface area contributed by atoms with Gasteiger partial charge in [0.15, 0.2) is 0 Å². The van der Waals surface area contributed by atoms with Crippen molar-refractivity contribution >= 4 is 11.6 Å². The average Bonchev–Trinajstić information content (AvgIpc) is 2.74. The Bertz CT molecular complexity index is 712. The van der Waals surface area contributed by atoms with E-state index in [9.17, 15) is 5.11 Å². The van der Waals surface area contributed by atoms with E-state index >= 15 is 0 Å². The number of hydrogen-bond donors (Lipinski definition) is 2. The van der Waals surface area contributed by atoms with E-state index in [1.807, 2.05) is 12.1 Å². The number of halogens is 1. The highest BCUT2D eigenvalue weighted by Gasteiger charge is 2.37. The second-order valence-electron chi connectivity index (χ2n) is 6.26. The third-order valence-corrected chi connectivity index (χ3v) is 5.10. The number of fused-ring (bicyclic) bond motifs is 5. The molecule has 1 unspecified atom stereocenters. The summed E-state index contributed by atoms with van der Waals surface area (Å²) in [6.45, 7) is 2.22. The molecule has 1 aliphatic heterocycles. The zero-order valence-electron chi connectivity index (χ0n) is 11.9. The molecule has 2 aromatic rings. The molecule has 2 aromatic carbocycles. The maximum Gasteiger partial charge on any atom is 0.134 e. The minimum Gasteiger partial charge on any atom is -0.506 e. The van der Waals surface area contributed by atoms with Gasteiger partial charge >= 0.3 is 0 Å². The normalized spacial score (nSPS) is 26.7. The number of nitrogens with one attached hydrogen (secondary N) is 1. The maximum absolute atomic E-state index is 10.0. The van der Waals surface area contributed by atoms with Gasteiger partial charge in [0.1, 0.15) is 5.75 Å². The Morgan fingerprint density at radius 1 is 1.10 bits per heavy atom. The molecule has 108 valence electrons. The van der Waals surface area contributed by atoms with Gasteiger partial charge in [-0.1, -0.05) is 35.9 Å². The Morgan fingerprint density at radius 3 is 2.76 bits per heavy atom. The molecule has 1 heterocycles. The van der Waals surface area contributed by atoms with Crippen molar-refractivity contribution in [1.29, 1.82) is 0 Å². The molecule has 0 amide bonds. The Labute approximate surface area is 129 Å². The fraction of sp³-hybridized carbons (Fsp3) is 0.333. The molecular formula is C18H18ClNO. The molecule has 0 fully saturated rings. The van der Waals surface area contributed by atoms with Crippen molar-refractivity contribution in [1.82, 2.24) is 5.32 Å². The van der Waals surface area contributed by atoms with E-state index in [1.165, 1.54) is 22.3 Å². The molecule has 2 N–H and O–H groups in total. The third-order valence-electron chi connectivity index (χ3n) is 4.80. The molecule has 0 aromatic heterocycles. The molecule has 0 radical (unpaired) electrons. The van der Waals surface area contributed by atoms with Gasteiger partial charge in [-0.05, 0) is 54.2 Å². The molecule has 0 spiro atoms. The predicted molar refractivity (Wildman–Crippen MR) is 85.2 cm³/mol. The van der Waals surface area contributed by atoms with Gasteiger partial charge in [-0.15, -0.1) is 0 Å². The Kier molecular flexibility index (Phi) is 2.98. The van der Waals surface area contributed by atoms with E-state index in [2.05, 4.69) is 36.5 Å². The van der Waals surface area contributed by atoms with Crippen LogP contribution in [0.3, 0.4) is 0 Å². The highest BCUT2D eigenvalue weighted by Crippen LogP contribution is 2.44. The monoisotopic (exact) mass is 299 g/mol. The first kappa shape index (κ1) is 13.2. The molecular weight excluding hydrogens is 282 g/mol. The van der Waals surface area contributed by atoms with Crippen molar-refractivity contribution in [3.8, 4) is 5.75 Å². The van der Waals surface area contributed by atoms with Crippen LogP contribution in [0.4, 0.5) is 0 Å². The summed E-state index contributed by atoms with van der Waals surface area (Å²) in [5.41, 5.74) is 5.27. The van der Waals surface area contributed by atoms with E-state index in [4.69, 9.17) is 11.6 Å². The summed E-state index contributed by atoms with van der Waals surface area (Å²) in [6.07, 6.45) is 2.00. The van der Waals surface area contributed by atoms with Crippen LogP contribution in [-0.2, 0) is 12.8 Å². The Hall–Kier alpha value is -1.51. The van der Waals surface area contributed by atoms with Crippen molar-refractivity contribution in [2.45, 2.75) is 37.8 Å². The maximum atomic E-state index is 10.0. The SMILES string of the molecule is CC1Cc2cc(Cl)c(O)cc2[C@@H]2c3ccccc3C[C@H]2N1. The lowest BCUT2D eigenvalue weighted by Crippen LogP contribution is -2.38. The van der Waals surface area contributed by atoms with Crippen molar-refractivity contribution in [2.75, 3.05) is 0 Å². The topological polar surface area (TPSA) is 32.3 Å². The van der Waals surface area contributed by atoms with Crippen LogP contribution in [-0.4, -0.2) is 17.2 Å². The number of hydrogen-bond acceptors (Lipinski definition) is 2. The first-order chi connectivity index (χ1) is 10.1. The highest BCUT2D eigenvalue weighted by molar-refractivity contribution is 6.32. The Morgan fingerprint density at radius 2 is 1.90 bits per heavy atom. The zero-order valence-corrected chi connectivity index (χ0v) is 12.7. The van der Waals surface area contributed by atoms with E-state index in [0.717, 1.165) is 12.8 Å². The number of benzene rings is 2. The number of aromatic hydroxyl groups is 1. The van der Waals surface area contributed by atoms with Crippen LogP contribution in [0.2, 0.25) is 5.02 Å². The van der Waals surface area contributed by atoms with Gasteiger partial charge < -0.3 is 10.4 Å².